The van der Waals surface area contributed by atoms with Crippen LogP contribution in [0.2, 0.25) is 0 Å². The van der Waals surface area contributed by atoms with E-state index in [2.05, 4.69) is 25.1 Å². The topological polar surface area (TPSA) is 111 Å². The van der Waals surface area contributed by atoms with Gasteiger partial charge in [0.2, 0.25) is 10.0 Å². The molecule has 3 aromatic rings. The second kappa shape index (κ2) is 8.58. The number of sulfonamides is 1. The zero-order valence-corrected chi connectivity index (χ0v) is 17.6. The number of aryl methyl sites for hydroxylation is 1. The Bertz CT molecular complexity index is 1100. The molecule has 29 heavy (non-hydrogen) atoms. The van der Waals surface area contributed by atoms with Gasteiger partial charge in [-0.2, -0.15) is 5.10 Å². The minimum Gasteiger partial charge on any atom is -0.496 e. The Labute approximate surface area is 170 Å². The van der Waals surface area contributed by atoms with E-state index in [9.17, 15) is 8.42 Å². The van der Waals surface area contributed by atoms with Crippen LogP contribution >= 0.6 is 0 Å². The average molecular weight is 417 g/mol. The monoisotopic (exact) mass is 416 g/mol. The lowest BCUT2D eigenvalue weighted by Crippen LogP contribution is -2.29. The Kier molecular flexibility index (Phi) is 6.14. The molecule has 10 heteroatoms. The van der Waals surface area contributed by atoms with Crippen LogP contribution in [0.4, 0.5) is 5.82 Å². The van der Waals surface area contributed by atoms with Gasteiger partial charge in [0.25, 0.3) is 0 Å². The molecule has 2 N–H and O–H groups in total. The summed E-state index contributed by atoms with van der Waals surface area (Å²) in [5.74, 6) is 2.48. The Morgan fingerprint density at radius 1 is 1.10 bits per heavy atom. The highest BCUT2D eigenvalue weighted by molar-refractivity contribution is 7.89. The van der Waals surface area contributed by atoms with E-state index in [1.807, 2.05) is 13.0 Å². The first kappa shape index (κ1) is 20.7. The van der Waals surface area contributed by atoms with Crippen molar-refractivity contribution in [1.82, 2.24) is 24.5 Å². The number of rotatable bonds is 8. The highest BCUT2D eigenvalue weighted by atomic mass is 32.2. The Hall–Kier alpha value is -2.98. The van der Waals surface area contributed by atoms with Crippen molar-refractivity contribution in [2.24, 2.45) is 0 Å². The highest BCUT2D eigenvalue weighted by Crippen LogP contribution is 2.26. The summed E-state index contributed by atoms with van der Waals surface area (Å²) < 4.78 is 34.8. The van der Waals surface area contributed by atoms with E-state index in [-0.39, 0.29) is 11.4 Å². The quantitative estimate of drug-likeness (QED) is 0.540. The minimum atomic E-state index is -3.64. The number of nitrogens with one attached hydrogen (secondary N) is 2. The maximum absolute atomic E-state index is 12.7. The summed E-state index contributed by atoms with van der Waals surface area (Å²) in [6.45, 7) is 5.96. The van der Waals surface area contributed by atoms with Crippen LogP contribution in [-0.2, 0) is 10.0 Å². The molecule has 2 aromatic heterocycles. The molecule has 0 saturated heterocycles. The smallest absolute Gasteiger partial charge is 0.240 e. The predicted molar refractivity (Wildman–Crippen MR) is 110 cm³/mol. The molecule has 9 nitrogen and oxygen atoms in total. The van der Waals surface area contributed by atoms with Crippen molar-refractivity contribution in [2.75, 3.05) is 25.5 Å². The summed E-state index contributed by atoms with van der Waals surface area (Å²) in [6, 6.07) is 6.78. The molecule has 154 valence electrons. The Morgan fingerprint density at radius 2 is 1.90 bits per heavy atom. The molecular formula is C19H24N6O3S. The number of nitrogens with zero attached hydrogens (tertiary/aromatic N) is 4. The third-order valence-electron chi connectivity index (χ3n) is 4.48. The zero-order chi connectivity index (χ0) is 21.0. The van der Waals surface area contributed by atoms with E-state index >= 15 is 0 Å². The van der Waals surface area contributed by atoms with Crippen LogP contribution in [0.3, 0.4) is 0 Å². The fraction of sp³-hybridized carbons (Fsp3) is 0.316. The lowest BCUT2D eigenvalue weighted by Gasteiger charge is -2.14. The second-order valence-corrected chi connectivity index (χ2v) is 8.19. The standard InChI is InChI=1S/C19H24N6O3S/c1-13-14(2)17(7-6-16(13)28-4)29(26,27)22-10-9-20-18-12-19(24-15(3)23-18)25-11-5-8-21-25/h5-8,11-12,22H,9-10H2,1-4H3,(H,20,23,24). The van der Waals surface area contributed by atoms with Crippen LogP contribution in [0.1, 0.15) is 17.0 Å². The number of hydrogen-bond acceptors (Lipinski definition) is 7. The van der Waals surface area contributed by atoms with Gasteiger partial charge in [-0.1, -0.05) is 0 Å². The fourth-order valence-corrected chi connectivity index (χ4v) is 4.23. The van der Waals surface area contributed by atoms with E-state index in [1.165, 1.54) is 0 Å². The fourth-order valence-electron chi connectivity index (χ4n) is 2.90. The SMILES string of the molecule is COc1ccc(S(=O)(=O)NCCNc2cc(-n3cccn3)nc(C)n2)c(C)c1C. The van der Waals surface area contributed by atoms with Crippen LogP contribution in [0.15, 0.2) is 41.6 Å². The normalized spacial score (nSPS) is 11.4. The molecule has 2 heterocycles. The van der Waals surface area contributed by atoms with Gasteiger partial charge in [0.05, 0.1) is 12.0 Å². The molecule has 0 atom stereocenters. The molecule has 3 rings (SSSR count). The lowest BCUT2D eigenvalue weighted by atomic mass is 10.1. The largest absolute Gasteiger partial charge is 0.496 e. The van der Waals surface area contributed by atoms with Crippen LogP contribution in [-0.4, -0.2) is 48.4 Å². The summed E-state index contributed by atoms with van der Waals surface area (Å²) in [6.07, 6.45) is 3.46. The van der Waals surface area contributed by atoms with Crippen LogP contribution < -0.4 is 14.8 Å². The summed E-state index contributed by atoms with van der Waals surface area (Å²) in [5.41, 5.74) is 1.47. The van der Waals surface area contributed by atoms with Gasteiger partial charge >= 0.3 is 0 Å². The molecule has 0 spiro atoms. The first-order chi connectivity index (χ1) is 13.8. The van der Waals surface area contributed by atoms with Gasteiger partial charge in [-0.25, -0.2) is 27.8 Å². The molecule has 0 fully saturated rings. The molecule has 0 aliphatic heterocycles. The summed E-state index contributed by atoms with van der Waals surface area (Å²) in [4.78, 5) is 8.91. The molecular weight excluding hydrogens is 392 g/mol. The molecule has 0 aliphatic rings. The summed E-state index contributed by atoms with van der Waals surface area (Å²) >= 11 is 0. The van der Waals surface area contributed by atoms with E-state index in [0.717, 1.165) is 5.56 Å². The average Bonchev–Trinajstić information content (AvgIpc) is 3.22. The Balaban J connectivity index is 1.64. The summed E-state index contributed by atoms with van der Waals surface area (Å²) in [7, 11) is -2.08. The van der Waals surface area contributed by atoms with Crippen LogP contribution in [0.5, 0.6) is 5.75 Å². The number of methoxy groups -OCH3 is 1. The van der Waals surface area contributed by atoms with Gasteiger partial charge in [0, 0.05) is 31.5 Å². The predicted octanol–water partition coefficient (Wildman–Crippen LogP) is 1.99. The van der Waals surface area contributed by atoms with Gasteiger partial charge < -0.3 is 10.1 Å². The maximum Gasteiger partial charge on any atom is 0.240 e. The molecule has 0 radical (unpaired) electrons. The number of benzene rings is 1. The van der Waals surface area contributed by atoms with Crippen molar-refractivity contribution >= 4 is 15.8 Å². The second-order valence-electron chi connectivity index (χ2n) is 6.45. The number of hydrogen-bond donors (Lipinski definition) is 2. The summed E-state index contributed by atoms with van der Waals surface area (Å²) in [5, 5.41) is 7.27. The van der Waals surface area contributed by atoms with Crippen molar-refractivity contribution in [1.29, 1.82) is 0 Å². The van der Waals surface area contributed by atoms with Gasteiger partial charge in [-0.15, -0.1) is 0 Å². The first-order valence-electron chi connectivity index (χ1n) is 9.05. The third-order valence-corrected chi connectivity index (χ3v) is 6.09. The molecule has 0 amide bonds. The molecule has 0 saturated carbocycles. The zero-order valence-electron chi connectivity index (χ0n) is 16.8. The van der Waals surface area contributed by atoms with Gasteiger partial charge in [-0.3, -0.25) is 0 Å². The molecule has 0 unspecified atom stereocenters. The van der Waals surface area contributed by atoms with Gasteiger partial charge in [0.1, 0.15) is 17.4 Å². The number of ether oxygens (including phenoxy) is 1. The van der Waals surface area contributed by atoms with E-state index in [4.69, 9.17) is 4.74 Å². The molecule has 0 aliphatic carbocycles. The maximum atomic E-state index is 12.7. The third kappa shape index (κ3) is 4.72. The molecule has 0 bridgehead atoms. The lowest BCUT2D eigenvalue weighted by molar-refractivity contribution is 0.410. The first-order valence-corrected chi connectivity index (χ1v) is 10.5. The molecule has 1 aromatic carbocycles. The number of aromatic nitrogens is 4. The van der Waals surface area contributed by atoms with Crippen LogP contribution in [0.25, 0.3) is 5.82 Å². The van der Waals surface area contributed by atoms with Crippen LogP contribution in [0, 0.1) is 20.8 Å². The van der Waals surface area contributed by atoms with E-state index < -0.39 is 10.0 Å². The van der Waals surface area contributed by atoms with Crippen molar-refractivity contribution in [3.63, 3.8) is 0 Å². The van der Waals surface area contributed by atoms with Crippen molar-refractivity contribution in [3.8, 4) is 11.6 Å². The van der Waals surface area contributed by atoms with E-state index in [1.54, 1.807) is 56.2 Å². The van der Waals surface area contributed by atoms with Crippen molar-refractivity contribution in [2.45, 2.75) is 25.7 Å². The van der Waals surface area contributed by atoms with Crippen molar-refractivity contribution in [3.05, 3.63) is 53.6 Å². The van der Waals surface area contributed by atoms with E-state index in [0.29, 0.717) is 35.3 Å². The minimum absolute atomic E-state index is 0.201. The van der Waals surface area contributed by atoms with Gasteiger partial charge in [0.15, 0.2) is 5.82 Å². The van der Waals surface area contributed by atoms with Crippen molar-refractivity contribution < 1.29 is 13.2 Å². The number of anilines is 1. The highest BCUT2D eigenvalue weighted by Gasteiger charge is 2.19. The van der Waals surface area contributed by atoms with Gasteiger partial charge in [-0.05, 0) is 50.1 Å². The Morgan fingerprint density at radius 3 is 2.59 bits per heavy atom.